The molecule has 0 bridgehead atoms. The van der Waals surface area contributed by atoms with Crippen LogP contribution < -0.4 is 0 Å². The molecule has 0 atom stereocenters. The van der Waals surface area contributed by atoms with E-state index in [-0.39, 0.29) is 12.0 Å². The van der Waals surface area contributed by atoms with Crippen LogP contribution in [0.4, 0.5) is 0 Å². The van der Waals surface area contributed by atoms with Crippen molar-refractivity contribution in [2.75, 3.05) is 19.8 Å². The van der Waals surface area contributed by atoms with Crippen LogP contribution in [0, 0.1) is 0 Å². The molecule has 1 saturated carbocycles. The lowest BCUT2D eigenvalue weighted by Crippen LogP contribution is -2.37. The number of rotatable bonds is 3. The van der Waals surface area contributed by atoms with E-state index in [1.54, 1.807) is 11.3 Å². The van der Waals surface area contributed by atoms with Crippen LogP contribution in [0.5, 0.6) is 0 Å². The van der Waals surface area contributed by atoms with Crippen molar-refractivity contribution in [3.8, 4) is 0 Å². The molecule has 2 heterocycles. The summed E-state index contributed by atoms with van der Waals surface area (Å²) < 4.78 is 5.38. The molecule has 0 amide bonds. The first kappa shape index (κ1) is 10.7. The first-order valence-corrected chi connectivity index (χ1v) is 6.86. The number of thiazole rings is 1. The Morgan fingerprint density at radius 2 is 2.19 bits per heavy atom. The second-order valence-electron chi connectivity index (χ2n) is 4.90. The Kier molecular flexibility index (Phi) is 2.73. The van der Waals surface area contributed by atoms with Gasteiger partial charge in [0.15, 0.2) is 0 Å². The van der Waals surface area contributed by atoms with Gasteiger partial charge in [-0.2, -0.15) is 0 Å². The van der Waals surface area contributed by atoms with E-state index in [4.69, 9.17) is 9.72 Å². The molecule has 16 heavy (non-hydrogen) atoms. The summed E-state index contributed by atoms with van der Waals surface area (Å²) in [6, 6.07) is 0. The minimum absolute atomic E-state index is 0.115. The van der Waals surface area contributed by atoms with Gasteiger partial charge in [-0.15, -0.1) is 11.3 Å². The molecule has 2 fully saturated rings. The first-order valence-electron chi connectivity index (χ1n) is 5.99. The van der Waals surface area contributed by atoms with Crippen LogP contribution in [0.25, 0.3) is 0 Å². The third-order valence-electron chi connectivity index (χ3n) is 3.72. The van der Waals surface area contributed by atoms with Gasteiger partial charge < -0.3 is 9.84 Å². The summed E-state index contributed by atoms with van der Waals surface area (Å²) in [5, 5.41) is 13.0. The number of aliphatic hydroxyl groups is 1. The summed E-state index contributed by atoms with van der Waals surface area (Å²) in [6.07, 6.45) is 4.39. The Balaban J connectivity index is 1.86. The second-order valence-corrected chi connectivity index (χ2v) is 5.76. The zero-order valence-corrected chi connectivity index (χ0v) is 10.1. The predicted molar refractivity (Wildman–Crippen MR) is 62.9 cm³/mol. The van der Waals surface area contributed by atoms with Crippen molar-refractivity contribution in [1.29, 1.82) is 0 Å². The second kappa shape index (κ2) is 4.09. The summed E-state index contributed by atoms with van der Waals surface area (Å²) in [5.74, 6) is 0.709. The molecule has 0 spiro atoms. The van der Waals surface area contributed by atoms with Crippen molar-refractivity contribution in [3.63, 3.8) is 0 Å². The summed E-state index contributed by atoms with van der Waals surface area (Å²) in [7, 11) is 0. The Bertz CT molecular complexity index is 367. The van der Waals surface area contributed by atoms with Crippen LogP contribution in [-0.4, -0.2) is 29.9 Å². The molecule has 1 aliphatic carbocycles. The molecule has 1 saturated heterocycles. The smallest absolute Gasteiger partial charge is 0.101 e. The predicted octanol–water partition coefficient (Wildman–Crippen LogP) is 2.06. The SMILES string of the molecule is OCC1(c2nc(C3CC3)cs2)CCOCC1. The third kappa shape index (κ3) is 1.79. The summed E-state index contributed by atoms with van der Waals surface area (Å²) in [4.78, 5) is 4.74. The number of aromatic nitrogens is 1. The van der Waals surface area contributed by atoms with Gasteiger partial charge in [-0.1, -0.05) is 0 Å². The molecule has 88 valence electrons. The van der Waals surface area contributed by atoms with Gasteiger partial charge in [0, 0.05) is 29.9 Å². The molecule has 1 N–H and O–H groups in total. The van der Waals surface area contributed by atoms with Crippen molar-refractivity contribution in [1.82, 2.24) is 4.98 Å². The van der Waals surface area contributed by atoms with Gasteiger partial charge in [0.05, 0.1) is 12.3 Å². The fourth-order valence-electron chi connectivity index (χ4n) is 2.30. The van der Waals surface area contributed by atoms with Gasteiger partial charge in [-0.25, -0.2) is 4.98 Å². The van der Waals surface area contributed by atoms with Crippen LogP contribution in [0.1, 0.15) is 42.3 Å². The topological polar surface area (TPSA) is 42.4 Å². The molecule has 0 radical (unpaired) electrons. The lowest BCUT2D eigenvalue weighted by Gasteiger charge is -2.33. The monoisotopic (exact) mass is 239 g/mol. The summed E-state index contributed by atoms with van der Waals surface area (Å²) in [5.41, 5.74) is 1.13. The van der Waals surface area contributed by atoms with E-state index in [1.165, 1.54) is 18.5 Å². The largest absolute Gasteiger partial charge is 0.395 e. The zero-order valence-electron chi connectivity index (χ0n) is 9.32. The molecule has 3 nitrogen and oxygen atoms in total. The van der Waals surface area contributed by atoms with Crippen molar-refractivity contribution >= 4 is 11.3 Å². The molecular weight excluding hydrogens is 222 g/mol. The Morgan fingerprint density at radius 3 is 2.81 bits per heavy atom. The lowest BCUT2D eigenvalue weighted by molar-refractivity contribution is 0.0251. The van der Waals surface area contributed by atoms with Crippen LogP contribution in [0.3, 0.4) is 0 Å². The molecule has 4 heteroatoms. The van der Waals surface area contributed by atoms with E-state index < -0.39 is 0 Å². The van der Waals surface area contributed by atoms with E-state index in [2.05, 4.69) is 5.38 Å². The number of hydrogen-bond donors (Lipinski definition) is 1. The highest BCUT2D eigenvalue weighted by Crippen LogP contribution is 2.43. The van der Waals surface area contributed by atoms with Crippen molar-refractivity contribution < 1.29 is 9.84 Å². The maximum Gasteiger partial charge on any atom is 0.101 e. The van der Waals surface area contributed by atoms with Crippen LogP contribution in [0.2, 0.25) is 0 Å². The van der Waals surface area contributed by atoms with Gasteiger partial charge in [0.25, 0.3) is 0 Å². The zero-order chi connectivity index (χ0) is 11.0. The molecule has 3 rings (SSSR count). The maximum atomic E-state index is 9.67. The molecule has 1 aromatic heterocycles. The highest BCUT2D eigenvalue weighted by Gasteiger charge is 2.37. The van der Waals surface area contributed by atoms with Gasteiger partial charge in [0.1, 0.15) is 5.01 Å². The van der Waals surface area contributed by atoms with Crippen LogP contribution >= 0.6 is 11.3 Å². The van der Waals surface area contributed by atoms with Gasteiger partial charge in [-0.3, -0.25) is 0 Å². The number of hydrogen-bond acceptors (Lipinski definition) is 4. The van der Waals surface area contributed by atoms with E-state index in [0.29, 0.717) is 5.92 Å². The van der Waals surface area contributed by atoms with E-state index in [1.807, 2.05) is 0 Å². The van der Waals surface area contributed by atoms with Gasteiger partial charge in [-0.05, 0) is 25.7 Å². The van der Waals surface area contributed by atoms with Crippen molar-refractivity contribution in [2.24, 2.45) is 0 Å². The highest BCUT2D eigenvalue weighted by atomic mass is 32.1. The Labute approximate surface area is 99.5 Å². The number of ether oxygens (including phenoxy) is 1. The van der Waals surface area contributed by atoms with E-state index in [9.17, 15) is 5.11 Å². The lowest BCUT2D eigenvalue weighted by atomic mass is 9.82. The van der Waals surface area contributed by atoms with Crippen molar-refractivity contribution in [3.05, 3.63) is 16.1 Å². The highest BCUT2D eigenvalue weighted by molar-refractivity contribution is 7.09. The minimum Gasteiger partial charge on any atom is -0.395 e. The molecule has 2 aliphatic rings. The van der Waals surface area contributed by atoms with Crippen LogP contribution in [0.15, 0.2) is 5.38 Å². The minimum atomic E-state index is -0.115. The molecule has 1 aromatic rings. The third-order valence-corrected chi connectivity index (χ3v) is 4.83. The average Bonchev–Trinajstić information content (AvgIpc) is 3.08. The average molecular weight is 239 g/mol. The quantitative estimate of drug-likeness (QED) is 0.878. The maximum absolute atomic E-state index is 9.67. The number of aliphatic hydroxyl groups excluding tert-OH is 1. The fourth-order valence-corrected chi connectivity index (χ4v) is 3.45. The molecular formula is C12H17NO2S. The Morgan fingerprint density at radius 1 is 1.44 bits per heavy atom. The number of nitrogens with zero attached hydrogens (tertiary/aromatic N) is 1. The first-order chi connectivity index (χ1) is 7.84. The van der Waals surface area contributed by atoms with E-state index in [0.717, 1.165) is 31.1 Å². The fraction of sp³-hybridized carbons (Fsp3) is 0.750. The summed E-state index contributed by atoms with van der Waals surface area (Å²) in [6.45, 7) is 1.70. The van der Waals surface area contributed by atoms with Crippen LogP contribution in [-0.2, 0) is 10.2 Å². The molecule has 1 aliphatic heterocycles. The van der Waals surface area contributed by atoms with Gasteiger partial charge in [0.2, 0.25) is 0 Å². The van der Waals surface area contributed by atoms with Gasteiger partial charge >= 0.3 is 0 Å². The van der Waals surface area contributed by atoms with Crippen molar-refractivity contribution in [2.45, 2.75) is 37.0 Å². The molecule has 0 unspecified atom stereocenters. The standard InChI is InChI=1S/C12H17NO2S/c14-8-12(3-5-15-6-4-12)11-13-10(7-16-11)9-1-2-9/h7,9,14H,1-6,8H2. The van der Waals surface area contributed by atoms with E-state index >= 15 is 0 Å². The molecule has 0 aromatic carbocycles. The normalized spacial score (nSPS) is 24.6. The summed E-state index contributed by atoms with van der Waals surface area (Å²) >= 11 is 1.72. The Hall–Kier alpha value is -0.450.